The molecule has 8 heteroatoms. The standard InChI is InChI=1S/C22H26N2O5S/c1-16-6-3-4-7-19(16)15-30(27,28)24-13-5-8-18(14-24)21(25)23-20-11-9-17(10-12-20)22(26)29-2/h3-4,6-7,9-12,18H,5,8,13-15H2,1-2H3,(H,23,25). The smallest absolute Gasteiger partial charge is 0.337 e. The van der Waals surface area contributed by atoms with E-state index in [1.807, 2.05) is 31.2 Å². The Kier molecular flexibility index (Phi) is 6.89. The zero-order valence-corrected chi connectivity index (χ0v) is 17.9. The number of nitrogens with one attached hydrogen (secondary N) is 1. The topological polar surface area (TPSA) is 92.8 Å². The first-order valence-electron chi connectivity index (χ1n) is 9.82. The van der Waals surface area contributed by atoms with Crippen molar-refractivity contribution in [2.45, 2.75) is 25.5 Å². The number of piperidine rings is 1. The summed E-state index contributed by atoms with van der Waals surface area (Å²) in [7, 11) is -2.21. The van der Waals surface area contributed by atoms with Gasteiger partial charge in [0.2, 0.25) is 15.9 Å². The van der Waals surface area contributed by atoms with Crippen molar-refractivity contribution in [2.75, 3.05) is 25.5 Å². The predicted octanol–water partition coefficient (Wildman–Crippen LogP) is 2.96. The van der Waals surface area contributed by atoms with Crippen LogP contribution in [0.15, 0.2) is 48.5 Å². The fraction of sp³-hybridized carbons (Fsp3) is 0.364. The van der Waals surface area contributed by atoms with Crippen LogP contribution in [0.3, 0.4) is 0 Å². The summed E-state index contributed by atoms with van der Waals surface area (Å²) >= 11 is 0. The number of esters is 1. The molecule has 160 valence electrons. The zero-order chi connectivity index (χ0) is 21.7. The molecule has 0 saturated carbocycles. The quantitative estimate of drug-likeness (QED) is 0.712. The number of carbonyl (C=O) groups is 2. The Labute approximate surface area is 177 Å². The first-order valence-corrected chi connectivity index (χ1v) is 11.4. The molecule has 1 saturated heterocycles. The number of benzene rings is 2. The van der Waals surface area contributed by atoms with Crippen molar-refractivity contribution in [3.8, 4) is 0 Å². The molecule has 1 aliphatic rings. The van der Waals surface area contributed by atoms with E-state index in [0.29, 0.717) is 30.6 Å². The second kappa shape index (κ2) is 9.40. The molecule has 1 atom stereocenters. The number of rotatable bonds is 6. The SMILES string of the molecule is COC(=O)c1ccc(NC(=O)C2CCCN(S(=O)(=O)Cc3ccccc3C)C2)cc1. The summed E-state index contributed by atoms with van der Waals surface area (Å²) in [4.78, 5) is 24.2. The van der Waals surface area contributed by atoms with Crippen LogP contribution in [0.2, 0.25) is 0 Å². The Balaban J connectivity index is 1.64. The Morgan fingerprint density at radius 2 is 1.83 bits per heavy atom. The van der Waals surface area contributed by atoms with Gasteiger partial charge in [-0.15, -0.1) is 0 Å². The highest BCUT2D eigenvalue weighted by Crippen LogP contribution is 2.24. The molecule has 0 spiro atoms. The largest absolute Gasteiger partial charge is 0.465 e. The highest BCUT2D eigenvalue weighted by molar-refractivity contribution is 7.88. The minimum Gasteiger partial charge on any atom is -0.465 e. The van der Waals surface area contributed by atoms with Crippen LogP contribution in [0.1, 0.15) is 34.3 Å². The predicted molar refractivity (Wildman–Crippen MR) is 115 cm³/mol. The number of nitrogens with zero attached hydrogens (tertiary/aromatic N) is 1. The lowest BCUT2D eigenvalue weighted by Crippen LogP contribution is -2.44. The van der Waals surface area contributed by atoms with Gasteiger partial charge in [0.25, 0.3) is 0 Å². The Hall–Kier alpha value is -2.71. The molecule has 0 aliphatic carbocycles. The van der Waals surface area contributed by atoms with Gasteiger partial charge < -0.3 is 10.1 Å². The molecular weight excluding hydrogens is 404 g/mol. The van der Waals surface area contributed by atoms with Gasteiger partial charge >= 0.3 is 5.97 Å². The summed E-state index contributed by atoms with van der Waals surface area (Å²) in [5.41, 5.74) is 2.65. The number of methoxy groups -OCH3 is 1. The van der Waals surface area contributed by atoms with E-state index in [1.54, 1.807) is 24.3 Å². The minimum atomic E-state index is -3.51. The Morgan fingerprint density at radius 1 is 1.13 bits per heavy atom. The van der Waals surface area contributed by atoms with Gasteiger partial charge in [-0.05, 0) is 55.2 Å². The van der Waals surface area contributed by atoms with Gasteiger partial charge in [-0.25, -0.2) is 17.5 Å². The highest BCUT2D eigenvalue weighted by atomic mass is 32.2. The van der Waals surface area contributed by atoms with Crippen molar-refractivity contribution in [3.63, 3.8) is 0 Å². The summed E-state index contributed by atoms with van der Waals surface area (Å²) in [5, 5.41) is 2.81. The van der Waals surface area contributed by atoms with E-state index >= 15 is 0 Å². The van der Waals surface area contributed by atoms with Gasteiger partial charge in [-0.3, -0.25) is 4.79 Å². The van der Waals surface area contributed by atoms with E-state index in [1.165, 1.54) is 11.4 Å². The van der Waals surface area contributed by atoms with Gasteiger partial charge in [0.05, 0.1) is 24.3 Å². The normalized spacial score (nSPS) is 17.3. The van der Waals surface area contributed by atoms with E-state index in [2.05, 4.69) is 10.1 Å². The van der Waals surface area contributed by atoms with E-state index in [0.717, 1.165) is 11.1 Å². The number of sulfonamides is 1. The molecule has 0 aromatic heterocycles. The summed E-state index contributed by atoms with van der Waals surface area (Å²) in [5.74, 6) is -1.17. The molecule has 7 nitrogen and oxygen atoms in total. The van der Waals surface area contributed by atoms with Crippen molar-refractivity contribution in [2.24, 2.45) is 5.92 Å². The van der Waals surface area contributed by atoms with Crippen LogP contribution in [-0.4, -0.2) is 44.8 Å². The second-order valence-corrected chi connectivity index (χ2v) is 9.41. The van der Waals surface area contributed by atoms with Crippen molar-refractivity contribution in [1.29, 1.82) is 0 Å². The minimum absolute atomic E-state index is 0.0665. The molecule has 1 aliphatic heterocycles. The van der Waals surface area contributed by atoms with Crippen LogP contribution < -0.4 is 5.32 Å². The lowest BCUT2D eigenvalue weighted by Gasteiger charge is -2.31. The Bertz CT molecular complexity index is 1020. The average molecular weight is 431 g/mol. The summed E-state index contributed by atoms with van der Waals surface area (Å²) < 4.78 is 31.9. The van der Waals surface area contributed by atoms with Gasteiger partial charge in [0, 0.05) is 18.8 Å². The third-order valence-electron chi connectivity index (χ3n) is 5.32. The van der Waals surface area contributed by atoms with E-state index in [4.69, 9.17) is 0 Å². The third kappa shape index (κ3) is 5.25. The molecule has 30 heavy (non-hydrogen) atoms. The third-order valence-corrected chi connectivity index (χ3v) is 7.12. The van der Waals surface area contributed by atoms with Crippen molar-refractivity contribution < 1.29 is 22.7 Å². The fourth-order valence-corrected chi connectivity index (χ4v) is 5.23. The number of ether oxygens (including phenoxy) is 1. The molecule has 1 amide bonds. The van der Waals surface area contributed by atoms with E-state index in [-0.39, 0.29) is 18.2 Å². The van der Waals surface area contributed by atoms with Crippen LogP contribution in [0.5, 0.6) is 0 Å². The monoisotopic (exact) mass is 430 g/mol. The molecule has 0 radical (unpaired) electrons. The highest BCUT2D eigenvalue weighted by Gasteiger charge is 2.32. The number of aryl methyl sites for hydroxylation is 1. The fourth-order valence-electron chi connectivity index (χ4n) is 3.52. The summed E-state index contributed by atoms with van der Waals surface area (Å²) in [6.45, 7) is 2.48. The number of anilines is 1. The lowest BCUT2D eigenvalue weighted by atomic mass is 9.98. The average Bonchev–Trinajstić information content (AvgIpc) is 2.75. The Morgan fingerprint density at radius 3 is 2.50 bits per heavy atom. The van der Waals surface area contributed by atoms with Crippen molar-refractivity contribution >= 4 is 27.6 Å². The molecule has 1 fully saturated rings. The van der Waals surface area contributed by atoms with Gasteiger partial charge in [0.1, 0.15) is 0 Å². The molecule has 1 heterocycles. The molecule has 1 N–H and O–H groups in total. The van der Waals surface area contributed by atoms with E-state index in [9.17, 15) is 18.0 Å². The molecule has 2 aromatic carbocycles. The second-order valence-electron chi connectivity index (χ2n) is 7.44. The first-order chi connectivity index (χ1) is 14.3. The number of amides is 1. The summed E-state index contributed by atoms with van der Waals surface area (Å²) in [6, 6.07) is 13.8. The van der Waals surface area contributed by atoms with E-state index < -0.39 is 21.9 Å². The van der Waals surface area contributed by atoms with Crippen molar-refractivity contribution in [3.05, 3.63) is 65.2 Å². The summed E-state index contributed by atoms with van der Waals surface area (Å²) in [6.07, 6.45) is 1.26. The number of hydrogen-bond acceptors (Lipinski definition) is 5. The van der Waals surface area contributed by atoms with Gasteiger partial charge in [-0.1, -0.05) is 24.3 Å². The molecular formula is C22H26N2O5S. The van der Waals surface area contributed by atoms with Crippen LogP contribution in [0, 0.1) is 12.8 Å². The lowest BCUT2D eigenvalue weighted by molar-refractivity contribution is -0.120. The molecule has 2 aromatic rings. The van der Waals surface area contributed by atoms with Crippen LogP contribution in [-0.2, 0) is 25.3 Å². The van der Waals surface area contributed by atoms with Gasteiger partial charge in [0.15, 0.2) is 0 Å². The number of hydrogen-bond donors (Lipinski definition) is 1. The maximum absolute atomic E-state index is 12.9. The molecule has 1 unspecified atom stereocenters. The van der Waals surface area contributed by atoms with Crippen LogP contribution >= 0.6 is 0 Å². The van der Waals surface area contributed by atoms with Gasteiger partial charge in [-0.2, -0.15) is 0 Å². The van der Waals surface area contributed by atoms with Crippen molar-refractivity contribution in [1.82, 2.24) is 4.31 Å². The molecule has 0 bridgehead atoms. The maximum Gasteiger partial charge on any atom is 0.337 e. The first kappa shape index (κ1) is 22.0. The van der Waals surface area contributed by atoms with Crippen LogP contribution in [0.25, 0.3) is 0 Å². The van der Waals surface area contributed by atoms with Crippen LogP contribution in [0.4, 0.5) is 5.69 Å². The number of carbonyl (C=O) groups excluding carboxylic acids is 2. The zero-order valence-electron chi connectivity index (χ0n) is 17.1. The maximum atomic E-state index is 12.9. The molecule has 3 rings (SSSR count).